The van der Waals surface area contributed by atoms with Gasteiger partial charge in [-0.05, 0) is 28.1 Å². The third-order valence-electron chi connectivity index (χ3n) is 1.44. The Kier molecular flexibility index (Phi) is 1.87. The van der Waals surface area contributed by atoms with Crippen molar-refractivity contribution in [3.8, 4) is 11.3 Å². The van der Waals surface area contributed by atoms with E-state index >= 15 is 0 Å². The Morgan fingerprint density at radius 2 is 2.17 bits per heavy atom. The fraction of sp³-hybridized carbons (Fsp3) is 0. The molecule has 0 aliphatic carbocycles. The molecule has 0 amide bonds. The summed E-state index contributed by atoms with van der Waals surface area (Å²) in [5.41, 5.74) is 1.75. The number of nitrogens with one attached hydrogen (secondary N) is 1. The van der Waals surface area contributed by atoms with E-state index in [2.05, 4.69) is 36.3 Å². The zero-order valence-corrected chi connectivity index (χ0v) is 7.62. The second kappa shape index (κ2) is 3.02. The maximum atomic E-state index is 4.07. The molecular formula is C7H5BrN4. The Balaban J connectivity index is 2.43. The Morgan fingerprint density at radius 1 is 1.25 bits per heavy atom. The van der Waals surface area contributed by atoms with Crippen molar-refractivity contribution in [1.29, 1.82) is 0 Å². The second-order valence-corrected chi connectivity index (χ2v) is 3.04. The van der Waals surface area contributed by atoms with Gasteiger partial charge in [-0.15, -0.1) is 0 Å². The molecule has 0 aromatic carbocycles. The summed E-state index contributed by atoms with van der Waals surface area (Å²) >= 11 is 3.25. The molecule has 2 aromatic rings. The number of hydrogen-bond donors (Lipinski definition) is 1. The molecule has 1 N–H and O–H groups in total. The third kappa shape index (κ3) is 1.35. The van der Waals surface area contributed by atoms with E-state index in [4.69, 9.17) is 0 Å². The highest BCUT2D eigenvalue weighted by Gasteiger charge is 1.99. The molecule has 0 spiro atoms. The highest BCUT2D eigenvalue weighted by molar-refractivity contribution is 9.10. The Morgan fingerprint density at radius 3 is 2.75 bits per heavy atom. The van der Waals surface area contributed by atoms with Gasteiger partial charge in [0.2, 0.25) is 0 Å². The zero-order chi connectivity index (χ0) is 8.39. The number of H-pyrrole nitrogens is 1. The van der Waals surface area contributed by atoms with E-state index < -0.39 is 0 Å². The van der Waals surface area contributed by atoms with Gasteiger partial charge < -0.3 is 0 Å². The molecule has 0 saturated carbocycles. The van der Waals surface area contributed by atoms with E-state index in [1.165, 1.54) is 0 Å². The van der Waals surface area contributed by atoms with Gasteiger partial charge in [0, 0.05) is 11.8 Å². The summed E-state index contributed by atoms with van der Waals surface area (Å²) in [5, 5.41) is 10.2. The van der Waals surface area contributed by atoms with Crippen LogP contribution in [0.3, 0.4) is 0 Å². The summed E-state index contributed by atoms with van der Waals surface area (Å²) in [5.74, 6) is 0. The molecule has 0 fully saturated rings. The average molecular weight is 225 g/mol. The number of rotatable bonds is 1. The van der Waals surface area contributed by atoms with Crippen molar-refractivity contribution in [2.24, 2.45) is 0 Å². The van der Waals surface area contributed by atoms with Gasteiger partial charge in [0.05, 0.1) is 6.20 Å². The fourth-order valence-electron chi connectivity index (χ4n) is 0.868. The largest absolute Gasteiger partial charge is 0.249 e. The molecule has 2 aromatic heterocycles. The van der Waals surface area contributed by atoms with E-state index in [0.29, 0.717) is 0 Å². The van der Waals surface area contributed by atoms with Crippen LogP contribution in [0.25, 0.3) is 11.3 Å². The molecule has 2 heterocycles. The molecule has 0 unspecified atom stereocenters. The van der Waals surface area contributed by atoms with Crippen LogP contribution in [-0.4, -0.2) is 20.4 Å². The van der Waals surface area contributed by atoms with Gasteiger partial charge in [0.25, 0.3) is 0 Å². The Labute approximate surface area is 77.2 Å². The van der Waals surface area contributed by atoms with E-state index in [1.54, 1.807) is 12.4 Å². The topological polar surface area (TPSA) is 54.5 Å². The summed E-state index contributed by atoms with van der Waals surface area (Å²) in [6.45, 7) is 0. The van der Waals surface area contributed by atoms with Crippen LogP contribution in [0.4, 0.5) is 0 Å². The molecule has 0 atom stereocenters. The molecule has 12 heavy (non-hydrogen) atoms. The van der Waals surface area contributed by atoms with Crippen LogP contribution in [0.1, 0.15) is 0 Å². The predicted molar refractivity (Wildman–Crippen MR) is 47.3 cm³/mol. The average Bonchev–Trinajstić information content (AvgIpc) is 2.58. The van der Waals surface area contributed by atoms with Gasteiger partial charge in [-0.25, -0.2) is 4.98 Å². The van der Waals surface area contributed by atoms with E-state index in [9.17, 15) is 0 Å². The Bertz CT molecular complexity index is 353. The van der Waals surface area contributed by atoms with Gasteiger partial charge in [-0.2, -0.15) is 15.4 Å². The van der Waals surface area contributed by atoms with Crippen molar-refractivity contribution in [3.05, 3.63) is 29.1 Å². The van der Waals surface area contributed by atoms with Crippen LogP contribution < -0.4 is 0 Å². The summed E-state index contributed by atoms with van der Waals surface area (Å²) in [6.07, 6.45) is 3.40. The lowest BCUT2D eigenvalue weighted by Gasteiger charge is -1.93. The standard InChI is InChI=1S/C7H5BrN4/c8-7-2-1-5(3-9-7)6-4-10-12-11-6/h1-4H,(H,10,11,12). The predicted octanol–water partition coefficient (Wildman–Crippen LogP) is 1.63. The molecule has 4 nitrogen and oxygen atoms in total. The van der Waals surface area contributed by atoms with Crippen LogP contribution in [0.2, 0.25) is 0 Å². The maximum absolute atomic E-state index is 4.07. The molecular weight excluding hydrogens is 220 g/mol. The maximum Gasteiger partial charge on any atom is 0.114 e. The first-order valence-corrected chi connectivity index (χ1v) is 4.13. The highest BCUT2D eigenvalue weighted by atomic mass is 79.9. The molecule has 0 aliphatic rings. The number of halogens is 1. The lowest BCUT2D eigenvalue weighted by molar-refractivity contribution is 0.942. The van der Waals surface area contributed by atoms with E-state index in [-0.39, 0.29) is 0 Å². The molecule has 60 valence electrons. The van der Waals surface area contributed by atoms with Gasteiger partial charge >= 0.3 is 0 Å². The van der Waals surface area contributed by atoms with Crippen molar-refractivity contribution in [2.75, 3.05) is 0 Å². The smallest absolute Gasteiger partial charge is 0.114 e. The summed E-state index contributed by atoms with van der Waals surface area (Å²) in [6, 6.07) is 3.79. The van der Waals surface area contributed by atoms with Crippen molar-refractivity contribution in [1.82, 2.24) is 20.4 Å². The number of nitrogens with zero attached hydrogens (tertiary/aromatic N) is 3. The normalized spacial score (nSPS) is 10.1. The number of pyridine rings is 1. The SMILES string of the molecule is Brc1ccc(-c2cn[nH]n2)cn1. The molecule has 5 heteroatoms. The molecule has 0 radical (unpaired) electrons. The Hall–Kier alpha value is -1.23. The van der Waals surface area contributed by atoms with Crippen LogP contribution in [-0.2, 0) is 0 Å². The van der Waals surface area contributed by atoms with Crippen molar-refractivity contribution in [2.45, 2.75) is 0 Å². The number of aromatic amines is 1. The third-order valence-corrected chi connectivity index (χ3v) is 1.91. The van der Waals surface area contributed by atoms with E-state index in [0.717, 1.165) is 15.9 Å². The zero-order valence-electron chi connectivity index (χ0n) is 6.03. The van der Waals surface area contributed by atoms with Crippen LogP contribution >= 0.6 is 15.9 Å². The fourth-order valence-corrected chi connectivity index (χ4v) is 1.10. The highest BCUT2D eigenvalue weighted by Crippen LogP contribution is 2.15. The van der Waals surface area contributed by atoms with Gasteiger partial charge in [-0.1, -0.05) is 0 Å². The minimum absolute atomic E-state index is 0.801. The second-order valence-electron chi connectivity index (χ2n) is 2.22. The van der Waals surface area contributed by atoms with Crippen LogP contribution in [0.15, 0.2) is 29.1 Å². The minimum atomic E-state index is 0.801. The summed E-state index contributed by atoms with van der Waals surface area (Å²) in [4.78, 5) is 4.07. The minimum Gasteiger partial charge on any atom is -0.249 e. The van der Waals surface area contributed by atoms with Gasteiger partial charge in [-0.3, -0.25) is 0 Å². The first-order chi connectivity index (χ1) is 5.86. The van der Waals surface area contributed by atoms with Crippen molar-refractivity contribution < 1.29 is 0 Å². The molecule has 0 saturated heterocycles. The van der Waals surface area contributed by atoms with Gasteiger partial charge in [0.1, 0.15) is 10.3 Å². The summed E-state index contributed by atoms with van der Waals surface area (Å²) in [7, 11) is 0. The molecule has 0 bridgehead atoms. The van der Waals surface area contributed by atoms with E-state index in [1.807, 2.05) is 12.1 Å². The molecule has 0 aliphatic heterocycles. The lowest BCUT2D eigenvalue weighted by atomic mass is 10.2. The summed E-state index contributed by atoms with van der Waals surface area (Å²) < 4.78 is 0.815. The lowest BCUT2D eigenvalue weighted by Crippen LogP contribution is -1.80. The molecule has 2 rings (SSSR count). The van der Waals surface area contributed by atoms with Gasteiger partial charge in [0.15, 0.2) is 0 Å². The first-order valence-electron chi connectivity index (χ1n) is 3.34. The van der Waals surface area contributed by atoms with Crippen molar-refractivity contribution >= 4 is 15.9 Å². The van der Waals surface area contributed by atoms with Crippen LogP contribution in [0, 0.1) is 0 Å². The number of hydrogen-bond acceptors (Lipinski definition) is 3. The quantitative estimate of drug-likeness (QED) is 0.750. The number of aromatic nitrogens is 4. The van der Waals surface area contributed by atoms with Crippen molar-refractivity contribution in [3.63, 3.8) is 0 Å². The first kappa shape index (κ1) is 7.42. The monoisotopic (exact) mass is 224 g/mol. The van der Waals surface area contributed by atoms with Crippen LogP contribution in [0.5, 0.6) is 0 Å².